The zero-order valence-electron chi connectivity index (χ0n) is 10.7. The van der Waals surface area contributed by atoms with Crippen molar-refractivity contribution in [3.8, 4) is 0 Å². The summed E-state index contributed by atoms with van der Waals surface area (Å²) in [6.45, 7) is 2.67. The number of nitrogens with zero attached hydrogens (tertiary/aromatic N) is 1. The van der Waals surface area contributed by atoms with Crippen LogP contribution in [0.15, 0.2) is 23.1 Å². The molecule has 2 aliphatic rings. The van der Waals surface area contributed by atoms with Gasteiger partial charge in [-0.1, -0.05) is 6.07 Å². The highest BCUT2D eigenvalue weighted by molar-refractivity contribution is 7.89. The lowest BCUT2D eigenvalue weighted by Crippen LogP contribution is -2.33. The summed E-state index contributed by atoms with van der Waals surface area (Å²) >= 11 is 0. The lowest BCUT2D eigenvalue weighted by atomic mass is 10.1. The summed E-state index contributed by atoms with van der Waals surface area (Å²) in [5.74, 6) is 0. The van der Waals surface area contributed by atoms with Gasteiger partial charge < -0.3 is 0 Å². The van der Waals surface area contributed by atoms with Crippen molar-refractivity contribution < 1.29 is 8.42 Å². The predicted molar refractivity (Wildman–Crippen MR) is 71.1 cm³/mol. The fourth-order valence-electron chi connectivity index (χ4n) is 3.11. The maximum absolute atomic E-state index is 12.6. The molecule has 4 heteroatoms. The molecule has 1 aromatic carbocycles. The average molecular weight is 265 g/mol. The van der Waals surface area contributed by atoms with Crippen LogP contribution in [0, 0.1) is 0 Å². The van der Waals surface area contributed by atoms with E-state index >= 15 is 0 Å². The molecule has 1 aliphatic carbocycles. The fraction of sp³-hybridized carbons (Fsp3) is 0.571. The van der Waals surface area contributed by atoms with E-state index in [1.807, 2.05) is 19.1 Å². The van der Waals surface area contributed by atoms with Crippen LogP contribution in [0.3, 0.4) is 0 Å². The van der Waals surface area contributed by atoms with Crippen molar-refractivity contribution in [2.45, 2.75) is 50.0 Å². The molecule has 98 valence electrons. The summed E-state index contributed by atoms with van der Waals surface area (Å²) < 4.78 is 26.8. The minimum atomic E-state index is -3.28. The Labute approximate surface area is 109 Å². The van der Waals surface area contributed by atoms with E-state index in [1.54, 1.807) is 10.4 Å². The van der Waals surface area contributed by atoms with Gasteiger partial charge in [0, 0.05) is 12.6 Å². The molecule has 1 heterocycles. The van der Waals surface area contributed by atoms with Crippen LogP contribution in [0.1, 0.15) is 37.3 Å². The summed E-state index contributed by atoms with van der Waals surface area (Å²) in [7, 11) is -3.28. The molecule has 18 heavy (non-hydrogen) atoms. The van der Waals surface area contributed by atoms with Gasteiger partial charge in [0.15, 0.2) is 0 Å². The summed E-state index contributed by atoms with van der Waals surface area (Å²) in [4.78, 5) is 0.483. The fourth-order valence-corrected chi connectivity index (χ4v) is 4.86. The lowest BCUT2D eigenvalue weighted by Gasteiger charge is -2.21. The van der Waals surface area contributed by atoms with E-state index in [0.717, 1.165) is 32.1 Å². The van der Waals surface area contributed by atoms with Crippen LogP contribution < -0.4 is 0 Å². The van der Waals surface area contributed by atoms with Crippen LogP contribution >= 0.6 is 0 Å². The molecule has 3 rings (SSSR count). The summed E-state index contributed by atoms with van der Waals surface area (Å²) in [6.07, 6.45) is 5.22. The molecule has 0 spiro atoms. The Morgan fingerprint density at radius 3 is 2.67 bits per heavy atom. The first-order valence-corrected chi connectivity index (χ1v) is 8.17. The number of sulfonamides is 1. The van der Waals surface area contributed by atoms with Crippen molar-refractivity contribution in [2.75, 3.05) is 6.54 Å². The first kappa shape index (κ1) is 12.2. The van der Waals surface area contributed by atoms with Crippen molar-refractivity contribution in [1.82, 2.24) is 4.31 Å². The van der Waals surface area contributed by atoms with Gasteiger partial charge in [-0.25, -0.2) is 8.42 Å². The topological polar surface area (TPSA) is 37.4 Å². The molecule has 1 aromatic rings. The molecule has 1 atom stereocenters. The van der Waals surface area contributed by atoms with Gasteiger partial charge in [0.25, 0.3) is 0 Å². The first-order valence-electron chi connectivity index (χ1n) is 6.73. The van der Waals surface area contributed by atoms with Crippen molar-refractivity contribution in [3.05, 3.63) is 29.3 Å². The monoisotopic (exact) mass is 265 g/mol. The number of aryl methyl sites for hydroxylation is 2. The van der Waals surface area contributed by atoms with E-state index in [2.05, 4.69) is 0 Å². The van der Waals surface area contributed by atoms with Crippen molar-refractivity contribution >= 4 is 10.0 Å². The second kappa shape index (κ2) is 4.35. The zero-order valence-corrected chi connectivity index (χ0v) is 11.5. The van der Waals surface area contributed by atoms with E-state index in [4.69, 9.17) is 0 Å². The van der Waals surface area contributed by atoms with Crippen molar-refractivity contribution in [3.63, 3.8) is 0 Å². The highest BCUT2D eigenvalue weighted by Crippen LogP contribution is 2.29. The van der Waals surface area contributed by atoms with Gasteiger partial charge in [-0.3, -0.25) is 0 Å². The van der Waals surface area contributed by atoms with Crippen LogP contribution in [0.5, 0.6) is 0 Å². The van der Waals surface area contributed by atoms with Crippen molar-refractivity contribution in [2.24, 2.45) is 0 Å². The number of rotatable bonds is 2. The van der Waals surface area contributed by atoms with E-state index in [9.17, 15) is 8.42 Å². The van der Waals surface area contributed by atoms with Gasteiger partial charge in [-0.2, -0.15) is 4.31 Å². The molecular weight excluding hydrogens is 246 g/mol. The van der Waals surface area contributed by atoms with Gasteiger partial charge in [0.05, 0.1) is 4.90 Å². The lowest BCUT2D eigenvalue weighted by molar-refractivity contribution is 0.408. The Bertz CT molecular complexity index is 565. The Morgan fingerprint density at radius 2 is 1.94 bits per heavy atom. The smallest absolute Gasteiger partial charge is 0.207 e. The highest BCUT2D eigenvalue weighted by atomic mass is 32.2. The number of benzene rings is 1. The molecule has 3 nitrogen and oxygen atoms in total. The summed E-state index contributed by atoms with van der Waals surface area (Å²) in [6, 6.07) is 5.81. The van der Waals surface area contributed by atoms with Crippen LogP contribution in [0.4, 0.5) is 0 Å². The first-order chi connectivity index (χ1) is 8.59. The quantitative estimate of drug-likeness (QED) is 0.823. The Morgan fingerprint density at radius 1 is 1.17 bits per heavy atom. The minimum absolute atomic E-state index is 0.142. The molecule has 0 amide bonds. The number of fused-ring (bicyclic) bond motifs is 1. The van der Waals surface area contributed by atoms with E-state index in [1.165, 1.54) is 11.1 Å². The van der Waals surface area contributed by atoms with E-state index in [-0.39, 0.29) is 6.04 Å². The van der Waals surface area contributed by atoms with Gasteiger partial charge in [-0.15, -0.1) is 0 Å². The van der Waals surface area contributed by atoms with Gasteiger partial charge in [0.2, 0.25) is 10.0 Å². The molecule has 0 N–H and O–H groups in total. The van der Waals surface area contributed by atoms with E-state index < -0.39 is 10.0 Å². The molecule has 0 saturated carbocycles. The van der Waals surface area contributed by atoms with Gasteiger partial charge >= 0.3 is 0 Å². The minimum Gasteiger partial charge on any atom is -0.207 e. The second-order valence-corrected chi connectivity index (χ2v) is 7.28. The number of hydrogen-bond donors (Lipinski definition) is 0. The summed E-state index contributed by atoms with van der Waals surface area (Å²) in [5, 5.41) is 0. The average Bonchev–Trinajstić information content (AvgIpc) is 2.95. The molecule has 1 unspecified atom stereocenters. The van der Waals surface area contributed by atoms with Gasteiger partial charge in [-0.05, 0) is 62.3 Å². The molecule has 0 bridgehead atoms. The normalized spacial score (nSPS) is 24.4. The SMILES string of the molecule is CC1CCCN1S(=O)(=O)c1ccc2c(c1)CCC2. The Hall–Kier alpha value is -0.870. The molecule has 1 saturated heterocycles. The maximum atomic E-state index is 12.6. The standard InChI is InChI=1S/C14H19NO2S/c1-11-4-3-9-15(11)18(16,17)14-8-7-12-5-2-6-13(12)10-14/h7-8,10-11H,2-6,9H2,1H3. The predicted octanol–water partition coefficient (Wildman–Crippen LogP) is 2.35. The molecule has 0 aromatic heterocycles. The van der Waals surface area contributed by atoms with Crippen LogP contribution in [-0.2, 0) is 22.9 Å². The molecule has 0 radical (unpaired) electrons. The Balaban J connectivity index is 1.99. The molecule has 1 fully saturated rings. The van der Waals surface area contributed by atoms with Crippen LogP contribution in [0.25, 0.3) is 0 Å². The zero-order chi connectivity index (χ0) is 12.8. The third kappa shape index (κ3) is 1.88. The Kier molecular flexibility index (Phi) is 2.94. The number of hydrogen-bond acceptors (Lipinski definition) is 2. The van der Waals surface area contributed by atoms with Crippen molar-refractivity contribution in [1.29, 1.82) is 0 Å². The third-order valence-electron chi connectivity index (χ3n) is 4.17. The largest absolute Gasteiger partial charge is 0.243 e. The van der Waals surface area contributed by atoms with Gasteiger partial charge in [0.1, 0.15) is 0 Å². The summed E-state index contributed by atoms with van der Waals surface area (Å²) in [5.41, 5.74) is 2.55. The molecular formula is C14H19NO2S. The van der Waals surface area contributed by atoms with Crippen LogP contribution in [-0.4, -0.2) is 25.3 Å². The highest BCUT2D eigenvalue weighted by Gasteiger charge is 2.32. The third-order valence-corrected chi connectivity index (χ3v) is 6.18. The molecule has 1 aliphatic heterocycles. The maximum Gasteiger partial charge on any atom is 0.243 e. The second-order valence-electron chi connectivity index (χ2n) is 5.39. The van der Waals surface area contributed by atoms with E-state index in [0.29, 0.717) is 11.4 Å². The van der Waals surface area contributed by atoms with Crippen LogP contribution in [0.2, 0.25) is 0 Å².